The number of imidazole rings is 1. The summed E-state index contributed by atoms with van der Waals surface area (Å²) in [5, 5.41) is 0. The van der Waals surface area contributed by atoms with Crippen molar-refractivity contribution >= 4 is 29.7 Å². The van der Waals surface area contributed by atoms with Crippen LogP contribution in [0.4, 0.5) is 10.7 Å². The molecule has 1 aromatic heterocycles. The van der Waals surface area contributed by atoms with Gasteiger partial charge in [-0.1, -0.05) is 18.3 Å². The van der Waals surface area contributed by atoms with Gasteiger partial charge in [-0.15, -0.1) is 0 Å². The fourth-order valence-corrected chi connectivity index (χ4v) is 3.16. The molecule has 9 heteroatoms. The topological polar surface area (TPSA) is 88.1 Å². The molecule has 3 heterocycles. The molecule has 0 saturated carbocycles. The lowest BCUT2D eigenvalue weighted by molar-refractivity contribution is -0.677. The van der Waals surface area contributed by atoms with Gasteiger partial charge in [-0.2, -0.15) is 0 Å². The molecule has 0 bridgehead atoms. The van der Waals surface area contributed by atoms with Gasteiger partial charge in [0, 0.05) is 7.05 Å². The summed E-state index contributed by atoms with van der Waals surface area (Å²) < 4.78 is 8.41. The number of imide groups is 1. The molecular formula is C16H22N5O4+. The van der Waals surface area contributed by atoms with Gasteiger partial charge < -0.3 is 4.74 Å². The Labute approximate surface area is 145 Å². The summed E-state index contributed by atoms with van der Waals surface area (Å²) in [5.74, 6) is -0.0747. The number of nitrogens with zero attached hydrogens (tertiary/aromatic N) is 5. The number of hydrogen-bond donors (Lipinski definition) is 0. The van der Waals surface area contributed by atoms with Gasteiger partial charge in [0.1, 0.15) is 18.4 Å². The minimum atomic E-state index is -0.732. The van der Waals surface area contributed by atoms with Crippen LogP contribution in [-0.2, 0) is 20.9 Å². The Bertz CT molecular complexity index is 782. The Balaban J connectivity index is 2.00. The standard InChI is InChI=1S/C16H22N5O4/c1-5-6-7-19-10(2)8-20-12-13(17-15(19)20)18(3)16(24)21(14(12)23)9-11(22)25-4/h8,12H,5-7,9H2,1-4H3/q+1. The zero-order valence-electron chi connectivity index (χ0n) is 14.9. The third kappa shape index (κ3) is 2.59. The zero-order valence-corrected chi connectivity index (χ0v) is 14.9. The van der Waals surface area contributed by atoms with Gasteiger partial charge >= 0.3 is 17.9 Å². The quantitative estimate of drug-likeness (QED) is 0.574. The second kappa shape index (κ2) is 6.30. The van der Waals surface area contributed by atoms with Crippen LogP contribution in [0.5, 0.6) is 0 Å². The second-order valence-electron chi connectivity index (χ2n) is 6.20. The van der Waals surface area contributed by atoms with Gasteiger partial charge in [0.2, 0.25) is 11.9 Å². The average molecular weight is 348 g/mol. The van der Waals surface area contributed by atoms with Crippen LogP contribution in [0, 0.1) is 6.92 Å². The van der Waals surface area contributed by atoms with Crippen LogP contribution in [0.25, 0.3) is 0 Å². The Hall–Kier alpha value is -2.71. The highest BCUT2D eigenvalue weighted by molar-refractivity contribution is 6.19. The second-order valence-corrected chi connectivity index (χ2v) is 6.20. The Morgan fingerprint density at radius 3 is 2.76 bits per heavy atom. The smallest absolute Gasteiger partial charge is 0.401 e. The van der Waals surface area contributed by atoms with Crippen molar-refractivity contribution in [2.75, 3.05) is 20.7 Å². The number of likely N-dealkylation sites (N-methyl/N-ethyl adjacent to an activating group) is 1. The lowest BCUT2D eigenvalue weighted by Crippen LogP contribution is -2.63. The minimum absolute atomic E-state index is 0.386. The van der Waals surface area contributed by atoms with Crippen LogP contribution in [-0.4, -0.2) is 58.8 Å². The Morgan fingerprint density at radius 1 is 1.40 bits per heavy atom. The number of carbonyl (C=O) groups excluding carboxylic acids is 3. The lowest BCUT2D eigenvalue weighted by Gasteiger charge is -2.32. The molecule has 1 fully saturated rings. The number of hydrogen-bond acceptors (Lipinski definition) is 5. The first kappa shape index (κ1) is 17.1. The van der Waals surface area contributed by atoms with E-state index in [9.17, 15) is 14.4 Å². The van der Waals surface area contributed by atoms with Crippen LogP contribution >= 0.6 is 0 Å². The summed E-state index contributed by atoms with van der Waals surface area (Å²) in [6.07, 6.45) is 3.90. The molecule has 1 unspecified atom stereocenters. The van der Waals surface area contributed by atoms with Gasteiger partial charge in [0.15, 0.2) is 0 Å². The largest absolute Gasteiger partial charge is 0.468 e. The maximum atomic E-state index is 12.9. The first-order chi connectivity index (χ1) is 11.9. The summed E-state index contributed by atoms with van der Waals surface area (Å²) >= 11 is 0. The van der Waals surface area contributed by atoms with Crippen molar-refractivity contribution in [2.45, 2.75) is 39.3 Å². The lowest BCUT2D eigenvalue weighted by atomic mass is 10.1. The molecule has 0 aromatic carbocycles. The molecule has 2 aliphatic rings. The van der Waals surface area contributed by atoms with E-state index in [1.807, 2.05) is 17.7 Å². The first-order valence-electron chi connectivity index (χ1n) is 8.26. The predicted octanol–water partition coefficient (Wildman–Crippen LogP) is 0.536. The molecule has 25 heavy (non-hydrogen) atoms. The number of amidine groups is 1. The van der Waals surface area contributed by atoms with Crippen molar-refractivity contribution in [2.24, 2.45) is 4.99 Å². The zero-order chi connectivity index (χ0) is 18.3. The van der Waals surface area contributed by atoms with E-state index in [2.05, 4.69) is 16.7 Å². The molecule has 0 N–H and O–H groups in total. The first-order valence-corrected chi connectivity index (χ1v) is 8.26. The van der Waals surface area contributed by atoms with Crippen LogP contribution in [0.15, 0.2) is 11.2 Å². The molecule has 0 spiro atoms. The number of methoxy groups -OCH3 is 1. The van der Waals surface area contributed by atoms with E-state index in [4.69, 9.17) is 0 Å². The van der Waals surface area contributed by atoms with Crippen molar-refractivity contribution in [3.8, 4) is 0 Å². The van der Waals surface area contributed by atoms with E-state index in [0.29, 0.717) is 11.8 Å². The van der Waals surface area contributed by atoms with Gasteiger partial charge in [-0.05, 0) is 13.3 Å². The third-order valence-electron chi connectivity index (χ3n) is 4.57. The molecule has 0 aliphatic carbocycles. The van der Waals surface area contributed by atoms with Crippen LogP contribution < -0.4 is 4.57 Å². The van der Waals surface area contributed by atoms with Crippen molar-refractivity contribution < 1.29 is 23.7 Å². The summed E-state index contributed by atoms with van der Waals surface area (Å²) in [6, 6.07) is -1.31. The number of unbranched alkanes of at least 4 members (excludes halogenated alkanes) is 1. The molecule has 3 amide bonds. The molecule has 1 aromatic rings. The molecule has 1 atom stereocenters. The van der Waals surface area contributed by atoms with Crippen LogP contribution in [0.2, 0.25) is 0 Å². The van der Waals surface area contributed by atoms with E-state index >= 15 is 0 Å². The summed E-state index contributed by atoms with van der Waals surface area (Å²) in [7, 11) is 2.78. The number of esters is 1. The maximum absolute atomic E-state index is 12.9. The van der Waals surface area contributed by atoms with E-state index in [1.165, 1.54) is 12.0 Å². The predicted molar refractivity (Wildman–Crippen MR) is 87.3 cm³/mol. The number of ether oxygens (including phenoxy) is 1. The molecule has 3 rings (SSSR count). The number of carbonyl (C=O) groups is 3. The normalized spacial score (nSPS) is 19.0. The number of rotatable bonds is 5. The third-order valence-corrected chi connectivity index (χ3v) is 4.57. The van der Waals surface area contributed by atoms with Crippen molar-refractivity contribution in [1.29, 1.82) is 0 Å². The monoisotopic (exact) mass is 348 g/mol. The number of aliphatic imine (C=N–C) groups is 1. The van der Waals surface area contributed by atoms with Crippen molar-refractivity contribution in [3.63, 3.8) is 0 Å². The number of fused-ring (bicyclic) bond motifs is 3. The van der Waals surface area contributed by atoms with Crippen molar-refractivity contribution in [1.82, 2.24) is 14.4 Å². The summed E-state index contributed by atoms with van der Waals surface area (Å²) in [5.41, 5.74) is 0.998. The molecule has 9 nitrogen and oxygen atoms in total. The van der Waals surface area contributed by atoms with Crippen LogP contribution in [0.3, 0.4) is 0 Å². The van der Waals surface area contributed by atoms with Gasteiger partial charge in [-0.25, -0.2) is 18.8 Å². The average Bonchev–Trinajstić information content (AvgIpc) is 3.09. The van der Waals surface area contributed by atoms with Gasteiger partial charge in [0.25, 0.3) is 5.91 Å². The number of aromatic nitrogens is 2. The Morgan fingerprint density at radius 2 is 2.12 bits per heavy atom. The summed E-state index contributed by atoms with van der Waals surface area (Å²) in [6.45, 7) is 4.46. The summed E-state index contributed by atoms with van der Waals surface area (Å²) in [4.78, 5) is 43.7. The van der Waals surface area contributed by atoms with Crippen molar-refractivity contribution in [3.05, 3.63) is 11.9 Å². The number of amides is 3. The molecule has 0 radical (unpaired) electrons. The molecule has 134 valence electrons. The van der Waals surface area contributed by atoms with Crippen LogP contribution in [0.1, 0.15) is 31.5 Å². The molecule has 2 aliphatic heterocycles. The maximum Gasteiger partial charge on any atom is 0.401 e. The van der Waals surface area contributed by atoms with Gasteiger partial charge in [0.05, 0.1) is 13.7 Å². The number of aryl methyl sites for hydroxylation is 1. The SMILES string of the molecule is CCCCn1c(C)c[n+]2c1N=C1C2C(=O)N(CC(=O)OC)C(=O)N1C. The van der Waals surface area contributed by atoms with E-state index in [1.54, 1.807) is 11.6 Å². The van der Waals surface area contributed by atoms with Gasteiger partial charge in [-0.3, -0.25) is 14.5 Å². The Kier molecular flexibility index (Phi) is 4.32. The minimum Gasteiger partial charge on any atom is -0.468 e. The fraction of sp³-hybridized carbons (Fsp3) is 0.562. The van der Waals surface area contributed by atoms with E-state index in [-0.39, 0.29) is 0 Å². The highest BCUT2D eigenvalue weighted by Gasteiger charge is 2.53. The fourth-order valence-electron chi connectivity index (χ4n) is 3.16. The molecule has 1 saturated heterocycles. The number of urea groups is 1. The molecular weight excluding hydrogens is 326 g/mol. The highest BCUT2D eigenvalue weighted by atomic mass is 16.5. The highest BCUT2D eigenvalue weighted by Crippen LogP contribution is 2.29. The van der Waals surface area contributed by atoms with E-state index in [0.717, 1.165) is 30.0 Å². The van der Waals surface area contributed by atoms with E-state index < -0.39 is 30.5 Å².